The summed E-state index contributed by atoms with van der Waals surface area (Å²) in [5.74, 6) is 2.76. The molecule has 2 fully saturated rings. The van der Waals surface area contributed by atoms with Crippen molar-refractivity contribution in [2.24, 2.45) is 0 Å². The van der Waals surface area contributed by atoms with E-state index in [1.54, 1.807) is 18.2 Å². The lowest BCUT2D eigenvalue weighted by molar-refractivity contribution is 0.0904. The summed E-state index contributed by atoms with van der Waals surface area (Å²) < 4.78 is 38.9. The van der Waals surface area contributed by atoms with Crippen LogP contribution < -0.4 is 15.4 Å². The number of aryl methyl sites for hydroxylation is 1. The van der Waals surface area contributed by atoms with Crippen molar-refractivity contribution >= 4 is 44.1 Å². The Labute approximate surface area is 208 Å². The van der Waals surface area contributed by atoms with E-state index in [0.717, 1.165) is 23.9 Å². The highest BCUT2D eigenvalue weighted by atomic mass is 32.2. The van der Waals surface area contributed by atoms with E-state index in [-0.39, 0.29) is 11.3 Å². The minimum atomic E-state index is -3.35. The average Bonchev–Trinajstić information content (AvgIpc) is 3.52. The Hall–Kier alpha value is -3.64. The van der Waals surface area contributed by atoms with Crippen molar-refractivity contribution in [2.45, 2.75) is 43.9 Å². The van der Waals surface area contributed by atoms with Gasteiger partial charge in [-0.3, -0.25) is 9.82 Å². The zero-order valence-corrected chi connectivity index (χ0v) is 20.6. The first-order valence-electron chi connectivity index (χ1n) is 12.0. The third kappa shape index (κ3) is 5.00. The summed E-state index contributed by atoms with van der Waals surface area (Å²) in [7, 11) is -3.35. The Balaban J connectivity index is 1.32. The standard InChI is InChI=1S/C24H27N7O4S/c1-14-10-23(30-29-14)26-22-13-21(25-16-6-8-34-9-7-16)27-24(28-22)20-12-15-11-17(2-5-19(15)35-20)31-36(32,33)18-3-4-18/h2,5,10-13,16,18,31H,3-4,6-9H2,1H3,(H3,25,26,27,28,29,30). The third-order valence-electron chi connectivity index (χ3n) is 6.22. The number of aromatic amines is 1. The number of H-pyrrole nitrogens is 1. The Bertz CT molecular complexity index is 1500. The normalized spacial score (nSPS) is 16.8. The fourth-order valence-electron chi connectivity index (χ4n) is 4.20. The van der Waals surface area contributed by atoms with Crippen LogP contribution in [0.1, 0.15) is 31.4 Å². The maximum absolute atomic E-state index is 12.3. The van der Waals surface area contributed by atoms with Gasteiger partial charge in [0.1, 0.15) is 17.2 Å². The highest BCUT2D eigenvalue weighted by Crippen LogP contribution is 2.33. The summed E-state index contributed by atoms with van der Waals surface area (Å²) >= 11 is 0. The first-order chi connectivity index (χ1) is 17.4. The van der Waals surface area contributed by atoms with E-state index in [2.05, 4.69) is 30.5 Å². The quantitative estimate of drug-likeness (QED) is 0.275. The van der Waals surface area contributed by atoms with E-state index < -0.39 is 10.0 Å². The molecule has 36 heavy (non-hydrogen) atoms. The fraction of sp³-hybridized carbons (Fsp3) is 0.375. The Kier molecular flexibility index (Phi) is 5.76. The minimum absolute atomic E-state index is 0.250. The number of rotatable bonds is 8. The zero-order chi connectivity index (χ0) is 24.7. The number of fused-ring (bicyclic) bond motifs is 1. The summed E-state index contributed by atoms with van der Waals surface area (Å²) in [4.78, 5) is 9.38. The number of sulfonamides is 1. The lowest BCUT2D eigenvalue weighted by Gasteiger charge is -2.23. The molecule has 12 heteroatoms. The van der Waals surface area contributed by atoms with Crippen LogP contribution in [0.2, 0.25) is 0 Å². The second-order valence-electron chi connectivity index (χ2n) is 9.26. The third-order valence-corrected chi connectivity index (χ3v) is 8.09. The van der Waals surface area contributed by atoms with Crippen molar-refractivity contribution in [1.82, 2.24) is 20.2 Å². The van der Waals surface area contributed by atoms with Gasteiger partial charge in [-0.1, -0.05) is 0 Å². The van der Waals surface area contributed by atoms with Gasteiger partial charge in [0.05, 0.1) is 5.25 Å². The Morgan fingerprint density at radius 1 is 0.972 bits per heavy atom. The van der Waals surface area contributed by atoms with Crippen molar-refractivity contribution in [3.8, 4) is 11.6 Å². The summed E-state index contributed by atoms with van der Waals surface area (Å²) in [5, 5.41) is 14.3. The zero-order valence-electron chi connectivity index (χ0n) is 19.7. The molecule has 3 aromatic heterocycles. The summed E-state index contributed by atoms with van der Waals surface area (Å²) in [6.07, 6.45) is 3.20. The Morgan fingerprint density at radius 3 is 2.53 bits per heavy atom. The molecular weight excluding hydrogens is 482 g/mol. The van der Waals surface area contributed by atoms with Crippen LogP contribution in [0.5, 0.6) is 0 Å². The molecule has 1 saturated carbocycles. The average molecular weight is 510 g/mol. The van der Waals surface area contributed by atoms with Gasteiger partial charge < -0.3 is 19.8 Å². The van der Waals surface area contributed by atoms with Crippen molar-refractivity contribution in [3.63, 3.8) is 0 Å². The predicted molar refractivity (Wildman–Crippen MR) is 137 cm³/mol. The topological polar surface area (TPSA) is 147 Å². The summed E-state index contributed by atoms with van der Waals surface area (Å²) in [6.45, 7) is 3.35. The number of aromatic nitrogens is 4. The van der Waals surface area contributed by atoms with E-state index in [0.29, 0.717) is 66.4 Å². The highest BCUT2D eigenvalue weighted by Gasteiger charge is 2.35. The van der Waals surface area contributed by atoms with Gasteiger partial charge in [-0.2, -0.15) is 5.10 Å². The number of nitrogens with one attached hydrogen (secondary N) is 4. The van der Waals surface area contributed by atoms with Crippen LogP contribution >= 0.6 is 0 Å². The van der Waals surface area contributed by atoms with Crippen LogP contribution in [0.3, 0.4) is 0 Å². The van der Waals surface area contributed by atoms with Crippen molar-refractivity contribution in [3.05, 3.63) is 42.1 Å². The van der Waals surface area contributed by atoms with Crippen LogP contribution in [0.15, 0.2) is 40.8 Å². The SMILES string of the molecule is Cc1cc(Nc2cc(NC3CCOCC3)nc(-c3cc4cc(NS(=O)(=O)C5CC5)ccc4o3)n2)n[nH]1. The lowest BCUT2D eigenvalue weighted by atomic mass is 10.1. The van der Waals surface area contributed by atoms with Gasteiger partial charge in [-0.25, -0.2) is 18.4 Å². The van der Waals surface area contributed by atoms with E-state index >= 15 is 0 Å². The monoisotopic (exact) mass is 509 g/mol. The van der Waals surface area contributed by atoms with Gasteiger partial charge in [-0.15, -0.1) is 0 Å². The predicted octanol–water partition coefficient (Wildman–Crippen LogP) is 4.16. The molecule has 1 aliphatic heterocycles. The number of nitrogens with zero attached hydrogens (tertiary/aromatic N) is 3. The number of furan rings is 1. The van der Waals surface area contributed by atoms with E-state index in [1.807, 2.05) is 25.1 Å². The smallest absolute Gasteiger partial charge is 0.235 e. The fourth-order valence-corrected chi connectivity index (χ4v) is 5.58. The van der Waals surface area contributed by atoms with E-state index in [9.17, 15) is 8.42 Å². The van der Waals surface area contributed by atoms with E-state index in [1.165, 1.54) is 0 Å². The lowest BCUT2D eigenvalue weighted by Crippen LogP contribution is -2.28. The van der Waals surface area contributed by atoms with Crippen LogP contribution in [0, 0.1) is 6.92 Å². The van der Waals surface area contributed by atoms with Gasteiger partial charge in [-0.05, 0) is 56.9 Å². The first-order valence-corrected chi connectivity index (χ1v) is 13.5. The maximum Gasteiger partial charge on any atom is 0.235 e. The Morgan fingerprint density at radius 2 is 1.78 bits per heavy atom. The molecule has 0 amide bonds. The van der Waals surface area contributed by atoms with Crippen LogP contribution in [0.4, 0.5) is 23.1 Å². The molecule has 0 spiro atoms. The van der Waals surface area contributed by atoms with Gasteiger partial charge in [0.25, 0.3) is 0 Å². The number of hydrogen-bond donors (Lipinski definition) is 4. The van der Waals surface area contributed by atoms with Crippen LogP contribution in [0.25, 0.3) is 22.6 Å². The molecule has 4 heterocycles. The summed E-state index contributed by atoms with van der Waals surface area (Å²) in [5.41, 5.74) is 2.05. The van der Waals surface area contributed by atoms with Crippen LogP contribution in [-0.2, 0) is 14.8 Å². The molecule has 0 bridgehead atoms. The molecule has 4 aromatic rings. The van der Waals surface area contributed by atoms with Crippen molar-refractivity contribution in [1.29, 1.82) is 0 Å². The minimum Gasteiger partial charge on any atom is -0.453 e. The van der Waals surface area contributed by atoms with Crippen LogP contribution in [-0.4, -0.2) is 53.1 Å². The van der Waals surface area contributed by atoms with Gasteiger partial charge in [0.2, 0.25) is 10.0 Å². The molecule has 1 aromatic carbocycles. The largest absolute Gasteiger partial charge is 0.453 e. The number of ether oxygens (including phenoxy) is 1. The maximum atomic E-state index is 12.3. The molecule has 2 aliphatic rings. The second-order valence-corrected chi connectivity index (χ2v) is 11.2. The highest BCUT2D eigenvalue weighted by molar-refractivity contribution is 7.93. The molecular formula is C24H27N7O4S. The summed E-state index contributed by atoms with van der Waals surface area (Å²) in [6, 6.07) is 11.0. The number of anilines is 4. The molecule has 6 rings (SSSR count). The van der Waals surface area contributed by atoms with E-state index in [4.69, 9.17) is 14.1 Å². The van der Waals surface area contributed by atoms with Gasteiger partial charge in [0, 0.05) is 48.2 Å². The molecule has 1 saturated heterocycles. The van der Waals surface area contributed by atoms with Gasteiger partial charge >= 0.3 is 0 Å². The molecule has 188 valence electrons. The van der Waals surface area contributed by atoms with Crippen molar-refractivity contribution in [2.75, 3.05) is 28.6 Å². The molecule has 0 radical (unpaired) electrons. The number of benzene rings is 1. The molecule has 0 unspecified atom stereocenters. The second kappa shape index (κ2) is 9.10. The van der Waals surface area contributed by atoms with Crippen molar-refractivity contribution < 1.29 is 17.6 Å². The molecule has 4 N–H and O–H groups in total. The van der Waals surface area contributed by atoms with Gasteiger partial charge in [0.15, 0.2) is 17.4 Å². The molecule has 11 nitrogen and oxygen atoms in total. The first kappa shape index (κ1) is 22.8. The molecule has 1 aliphatic carbocycles. The number of hydrogen-bond acceptors (Lipinski definition) is 9. The molecule has 0 atom stereocenters.